The predicted octanol–water partition coefficient (Wildman–Crippen LogP) is 0.0824. The number of carboxylic acid groups (broad SMARTS) is 2. The van der Waals surface area contributed by atoms with Crippen LogP contribution in [0.1, 0.15) is 0 Å². The van der Waals surface area contributed by atoms with Gasteiger partial charge in [-0.05, 0) is 12.1 Å². The van der Waals surface area contributed by atoms with Crippen molar-refractivity contribution in [3.05, 3.63) is 48.8 Å². The molecular weight excluding hydrogens is 391 g/mol. The average Bonchev–Trinajstić information content (AvgIpc) is 2.62. The molecule has 0 fully saturated rings. The number of aliphatic hydroxyl groups is 2. The molecule has 143 valence electrons. The fourth-order valence-electron chi connectivity index (χ4n) is 1.68. The Balaban J connectivity index is 0. The fraction of sp³-hybridized carbons (Fsp3) is 0.125. The van der Waals surface area contributed by atoms with Gasteiger partial charge in [-0.2, -0.15) is 0 Å². The molecule has 0 saturated heterocycles. The first-order valence-electron chi connectivity index (χ1n) is 6.73. The van der Waals surface area contributed by atoms with Gasteiger partial charge in [0.1, 0.15) is 13.2 Å². The molecule has 3 aromatic rings. The number of aliphatic hydroxyl groups excluding tert-OH is 2. The summed E-state index contributed by atoms with van der Waals surface area (Å²) in [6.07, 6.45) is 3.60. The molecule has 1 aromatic carbocycles. The van der Waals surface area contributed by atoms with Gasteiger partial charge in [0, 0.05) is 39.9 Å². The van der Waals surface area contributed by atoms with E-state index in [-0.39, 0.29) is 22.3 Å². The van der Waals surface area contributed by atoms with Crippen LogP contribution in [0.15, 0.2) is 48.8 Å². The van der Waals surface area contributed by atoms with E-state index >= 15 is 0 Å². The van der Waals surface area contributed by atoms with Gasteiger partial charge < -0.3 is 25.9 Å². The number of hydrogen-bond acceptors (Lipinski definition) is 6. The number of carboxylic acids is 2. The molecule has 0 atom stereocenters. The Morgan fingerprint density at radius 2 is 1.08 bits per heavy atom. The second kappa shape index (κ2) is 13.6. The molecule has 2 heterocycles. The van der Waals surface area contributed by atoms with Gasteiger partial charge in [-0.25, -0.2) is 9.59 Å². The van der Waals surface area contributed by atoms with Crippen molar-refractivity contribution in [3.8, 4) is 0 Å². The summed E-state index contributed by atoms with van der Waals surface area (Å²) in [6, 6.07) is 12.1. The molecule has 1 radical (unpaired) electrons. The number of rotatable bonds is 2. The molecule has 0 unspecified atom stereocenters. The number of nitrogens with zero attached hydrogens (tertiary/aromatic N) is 2. The van der Waals surface area contributed by atoms with Crippen molar-refractivity contribution in [2.75, 3.05) is 13.2 Å². The molecule has 0 aliphatic rings. The first-order chi connectivity index (χ1) is 11.5. The van der Waals surface area contributed by atoms with Crippen LogP contribution < -0.4 is 0 Å². The number of carbonyl (C=O) groups is 2. The smallest absolute Gasteiger partial charge is 0.329 e. The van der Waals surface area contributed by atoms with Crippen molar-refractivity contribution in [1.29, 1.82) is 0 Å². The Bertz CT molecular complexity index is 761. The van der Waals surface area contributed by atoms with Gasteiger partial charge >= 0.3 is 11.9 Å². The van der Waals surface area contributed by atoms with Gasteiger partial charge in [0.25, 0.3) is 0 Å². The van der Waals surface area contributed by atoms with Crippen LogP contribution in [0.2, 0.25) is 0 Å². The van der Waals surface area contributed by atoms with Crippen molar-refractivity contribution in [2.45, 2.75) is 0 Å². The predicted molar refractivity (Wildman–Crippen MR) is 90.1 cm³/mol. The summed E-state index contributed by atoms with van der Waals surface area (Å²) in [4.78, 5) is 26.9. The second-order valence-electron chi connectivity index (χ2n) is 4.32. The maximum Gasteiger partial charge on any atom is 0.329 e. The molecule has 0 aliphatic heterocycles. The number of benzene rings is 1. The van der Waals surface area contributed by atoms with E-state index in [0.29, 0.717) is 0 Å². The van der Waals surface area contributed by atoms with Crippen LogP contribution in [0.3, 0.4) is 0 Å². The van der Waals surface area contributed by atoms with E-state index in [9.17, 15) is 0 Å². The Kier molecular flexibility index (Phi) is 13.4. The average molecular weight is 409 g/mol. The van der Waals surface area contributed by atoms with Crippen LogP contribution in [0.25, 0.3) is 21.8 Å². The topological polar surface area (TPSA) is 172 Å². The van der Waals surface area contributed by atoms with E-state index in [1.165, 1.54) is 0 Å². The van der Waals surface area contributed by atoms with Gasteiger partial charge in [-0.3, -0.25) is 9.97 Å². The summed E-state index contributed by atoms with van der Waals surface area (Å²) in [6.45, 7) is -1.56. The zero-order chi connectivity index (χ0) is 17.9. The van der Waals surface area contributed by atoms with Crippen molar-refractivity contribution >= 4 is 33.7 Å². The minimum atomic E-state index is -1.19. The molecule has 10 heteroatoms. The van der Waals surface area contributed by atoms with Gasteiger partial charge in [-0.1, -0.05) is 24.3 Å². The van der Waals surface area contributed by atoms with Crippen LogP contribution in [-0.4, -0.2) is 61.0 Å². The van der Waals surface area contributed by atoms with Gasteiger partial charge in [0.15, 0.2) is 0 Å². The molecule has 0 bridgehead atoms. The molecule has 3 rings (SSSR count). The number of aromatic nitrogens is 2. The summed E-state index contributed by atoms with van der Waals surface area (Å²) < 4.78 is 0. The molecule has 9 nitrogen and oxygen atoms in total. The summed E-state index contributed by atoms with van der Waals surface area (Å²) >= 11 is 0. The van der Waals surface area contributed by atoms with E-state index in [1.807, 2.05) is 12.1 Å². The van der Waals surface area contributed by atoms with E-state index in [2.05, 4.69) is 34.2 Å². The monoisotopic (exact) mass is 409 g/mol. The second-order valence-corrected chi connectivity index (χ2v) is 4.32. The van der Waals surface area contributed by atoms with Crippen LogP contribution in [0.5, 0.6) is 0 Å². The van der Waals surface area contributed by atoms with Crippen molar-refractivity contribution in [2.24, 2.45) is 0 Å². The SMILES string of the molecule is O.O=C(O)CO.O=C(O)CO.[Co].c1cnc2c(c1)ccc1cccnc12. The zero-order valence-electron chi connectivity index (χ0n) is 13.4. The normalized spacial score (nSPS) is 8.69. The standard InChI is InChI=1S/C12H8N2.2C2H4O3.Co.H2O/c1-3-9-5-6-10-4-2-8-14-12(10)11(9)13-7-1;2*3-1-2(4)5;;/h1-8H;2*3H,1H2,(H,4,5);;1H2. The van der Waals surface area contributed by atoms with E-state index in [4.69, 9.17) is 30.0 Å². The minimum Gasteiger partial charge on any atom is -0.480 e. The molecule has 0 amide bonds. The molecule has 6 N–H and O–H groups in total. The van der Waals surface area contributed by atoms with Gasteiger partial charge in [0.05, 0.1) is 11.0 Å². The number of aliphatic carboxylic acids is 2. The molecule has 26 heavy (non-hydrogen) atoms. The van der Waals surface area contributed by atoms with E-state index < -0.39 is 25.2 Å². The fourth-order valence-corrected chi connectivity index (χ4v) is 1.68. The zero-order valence-corrected chi connectivity index (χ0v) is 14.4. The van der Waals surface area contributed by atoms with Crippen LogP contribution >= 0.6 is 0 Å². The van der Waals surface area contributed by atoms with Crippen molar-refractivity contribution in [1.82, 2.24) is 9.97 Å². The van der Waals surface area contributed by atoms with Gasteiger partial charge in [-0.15, -0.1) is 0 Å². The molecular formula is C16H18CoN2O7. The van der Waals surface area contributed by atoms with E-state index in [0.717, 1.165) is 21.8 Å². The summed E-state index contributed by atoms with van der Waals surface area (Å²) in [5, 5.41) is 32.3. The van der Waals surface area contributed by atoms with Crippen LogP contribution in [0.4, 0.5) is 0 Å². The third kappa shape index (κ3) is 8.46. The van der Waals surface area contributed by atoms with Crippen LogP contribution in [-0.2, 0) is 26.4 Å². The largest absolute Gasteiger partial charge is 0.480 e. The third-order valence-electron chi connectivity index (χ3n) is 2.62. The number of pyridine rings is 2. The first kappa shape index (κ1) is 25.6. The quantitative estimate of drug-likeness (QED) is 0.431. The number of fused-ring (bicyclic) bond motifs is 3. The summed E-state index contributed by atoms with van der Waals surface area (Å²) in [5.41, 5.74) is 1.95. The third-order valence-corrected chi connectivity index (χ3v) is 2.62. The Labute approximate surface area is 158 Å². The Morgan fingerprint density at radius 1 is 0.769 bits per heavy atom. The molecule has 0 saturated carbocycles. The Hall–Kier alpha value is -2.63. The molecule has 2 aromatic heterocycles. The maximum absolute atomic E-state index is 9.12. The first-order valence-corrected chi connectivity index (χ1v) is 6.73. The molecule has 0 aliphatic carbocycles. The van der Waals surface area contributed by atoms with Crippen LogP contribution in [0, 0.1) is 0 Å². The summed E-state index contributed by atoms with van der Waals surface area (Å²) in [7, 11) is 0. The van der Waals surface area contributed by atoms with Gasteiger partial charge in [0.2, 0.25) is 0 Å². The Morgan fingerprint density at radius 3 is 1.35 bits per heavy atom. The molecule has 0 spiro atoms. The van der Waals surface area contributed by atoms with Crippen molar-refractivity contribution < 1.29 is 52.3 Å². The van der Waals surface area contributed by atoms with Crippen molar-refractivity contribution in [3.63, 3.8) is 0 Å². The summed E-state index contributed by atoms with van der Waals surface area (Å²) in [5.74, 6) is -2.38. The maximum atomic E-state index is 9.12. The number of hydrogen-bond donors (Lipinski definition) is 4. The minimum absolute atomic E-state index is 0. The van der Waals surface area contributed by atoms with E-state index in [1.54, 1.807) is 12.4 Å².